The number of furan rings is 1. The predicted octanol–water partition coefficient (Wildman–Crippen LogP) is 3.71. The maximum Gasteiger partial charge on any atom is 0.169 e. The SMILES string of the molecule is CC(c1ccc(Br)o1)N1CCNCc2ccccc21. The summed E-state index contributed by atoms with van der Waals surface area (Å²) < 4.78 is 6.50. The van der Waals surface area contributed by atoms with E-state index in [0.29, 0.717) is 0 Å². The van der Waals surface area contributed by atoms with Crippen molar-refractivity contribution in [2.45, 2.75) is 19.5 Å². The summed E-state index contributed by atoms with van der Waals surface area (Å²) in [6, 6.07) is 12.8. The Balaban J connectivity index is 1.95. The summed E-state index contributed by atoms with van der Waals surface area (Å²) >= 11 is 3.37. The second-order valence-corrected chi connectivity index (χ2v) is 5.60. The lowest BCUT2D eigenvalue weighted by molar-refractivity contribution is 0.446. The molecule has 19 heavy (non-hydrogen) atoms. The number of anilines is 1. The molecule has 0 aliphatic carbocycles. The molecule has 2 heterocycles. The van der Waals surface area contributed by atoms with E-state index < -0.39 is 0 Å². The van der Waals surface area contributed by atoms with Gasteiger partial charge in [-0.15, -0.1) is 0 Å². The minimum absolute atomic E-state index is 0.229. The summed E-state index contributed by atoms with van der Waals surface area (Å²) in [4.78, 5) is 2.40. The Morgan fingerprint density at radius 2 is 2.11 bits per heavy atom. The third-order valence-electron chi connectivity index (χ3n) is 3.62. The molecule has 0 amide bonds. The molecule has 0 spiro atoms. The van der Waals surface area contributed by atoms with E-state index in [-0.39, 0.29) is 6.04 Å². The number of benzene rings is 1. The van der Waals surface area contributed by atoms with Gasteiger partial charge in [-0.2, -0.15) is 0 Å². The van der Waals surface area contributed by atoms with Crippen molar-refractivity contribution in [1.29, 1.82) is 0 Å². The predicted molar refractivity (Wildman–Crippen MR) is 80.3 cm³/mol. The van der Waals surface area contributed by atoms with Crippen molar-refractivity contribution in [3.05, 3.63) is 52.4 Å². The van der Waals surface area contributed by atoms with E-state index in [4.69, 9.17) is 4.42 Å². The fourth-order valence-electron chi connectivity index (χ4n) is 2.59. The van der Waals surface area contributed by atoms with E-state index in [9.17, 15) is 0 Å². The Bertz CT molecular complexity index is 567. The standard InChI is InChI=1S/C15H17BrN2O/c1-11(14-6-7-15(16)19-14)18-9-8-17-10-12-4-2-3-5-13(12)18/h2-7,11,17H,8-10H2,1H3. The monoisotopic (exact) mass is 320 g/mol. The van der Waals surface area contributed by atoms with Gasteiger partial charge in [-0.1, -0.05) is 18.2 Å². The van der Waals surface area contributed by atoms with Crippen LogP contribution >= 0.6 is 15.9 Å². The van der Waals surface area contributed by atoms with Gasteiger partial charge in [-0.25, -0.2) is 0 Å². The van der Waals surface area contributed by atoms with Crippen LogP contribution in [0, 0.1) is 0 Å². The number of nitrogens with one attached hydrogen (secondary N) is 1. The lowest BCUT2D eigenvalue weighted by Gasteiger charge is -2.30. The van der Waals surface area contributed by atoms with Crippen LogP contribution in [0.2, 0.25) is 0 Å². The van der Waals surface area contributed by atoms with Crippen molar-refractivity contribution in [3.8, 4) is 0 Å². The number of hydrogen-bond donors (Lipinski definition) is 1. The van der Waals surface area contributed by atoms with Gasteiger partial charge in [0.25, 0.3) is 0 Å². The van der Waals surface area contributed by atoms with Crippen LogP contribution in [0.25, 0.3) is 0 Å². The highest BCUT2D eigenvalue weighted by Gasteiger charge is 2.22. The quantitative estimate of drug-likeness (QED) is 0.914. The Morgan fingerprint density at radius 1 is 1.26 bits per heavy atom. The molecule has 3 rings (SSSR count). The molecular formula is C15H17BrN2O. The first-order valence-electron chi connectivity index (χ1n) is 6.56. The Hall–Kier alpha value is -1.26. The molecule has 1 aromatic carbocycles. The zero-order chi connectivity index (χ0) is 13.2. The third kappa shape index (κ3) is 2.55. The van der Waals surface area contributed by atoms with Gasteiger partial charge in [-0.05, 0) is 46.6 Å². The van der Waals surface area contributed by atoms with E-state index >= 15 is 0 Å². The first-order valence-corrected chi connectivity index (χ1v) is 7.35. The van der Waals surface area contributed by atoms with Gasteiger partial charge in [0.05, 0.1) is 6.04 Å². The smallest absolute Gasteiger partial charge is 0.169 e. The Morgan fingerprint density at radius 3 is 2.89 bits per heavy atom. The van der Waals surface area contributed by atoms with E-state index in [1.54, 1.807) is 0 Å². The van der Waals surface area contributed by atoms with E-state index in [1.165, 1.54) is 11.3 Å². The molecule has 1 atom stereocenters. The van der Waals surface area contributed by atoms with Crippen LogP contribution in [-0.4, -0.2) is 13.1 Å². The van der Waals surface area contributed by atoms with Crippen LogP contribution in [-0.2, 0) is 6.54 Å². The Labute approximate surface area is 121 Å². The van der Waals surface area contributed by atoms with Gasteiger partial charge < -0.3 is 14.6 Å². The number of nitrogens with zero attached hydrogens (tertiary/aromatic N) is 1. The van der Waals surface area contributed by atoms with Gasteiger partial charge >= 0.3 is 0 Å². The van der Waals surface area contributed by atoms with Crippen LogP contribution in [0.4, 0.5) is 5.69 Å². The van der Waals surface area contributed by atoms with Gasteiger partial charge in [0.15, 0.2) is 4.67 Å². The van der Waals surface area contributed by atoms with Crippen molar-refractivity contribution >= 4 is 21.6 Å². The highest BCUT2D eigenvalue weighted by Crippen LogP contribution is 2.32. The molecule has 3 nitrogen and oxygen atoms in total. The average molecular weight is 321 g/mol. The molecule has 100 valence electrons. The molecular weight excluding hydrogens is 304 g/mol. The molecule has 1 aliphatic rings. The van der Waals surface area contributed by atoms with E-state index in [0.717, 1.165) is 30.1 Å². The zero-order valence-electron chi connectivity index (χ0n) is 10.9. The van der Waals surface area contributed by atoms with Gasteiger partial charge in [-0.3, -0.25) is 0 Å². The van der Waals surface area contributed by atoms with Gasteiger partial charge in [0.1, 0.15) is 5.76 Å². The number of fused-ring (bicyclic) bond motifs is 1. The Kier molecular flexibility index (Phi) is 3.62. The molecule has 0 radical (unpaired) electrons. The van der Waals surface area contributed by atoms with E-state index in [2.05, 4.69) is 57.3 Å². The van der Waals surface area contributed by atoms with Crippen LogP contribution < -0.4 is 10.2 Å². The first kappa shape index (κ1) is 12.8. The fourth-order valence-corrected chi connectivity index (χ4v) is 2.91. The van der Waals surface area contributed by atoms with Crippen LogP contribution in [0.15, 0.2) is 45.5 Å². The first-order chi connectivity index (χ1) is 9.25. The molecule has 0 saturated carbocycles. The van der Waals surface area contributed by atoms with E-state index in [1.807, 2.05) is 12.1 Å². The normalized spacial score (nSPS) is 16.8. The second-order valence-electron chi connectivity index (χ2n) is 4.82. The van der Waals surface area contributed by atoms with Crippen LogP contribution in [0.5, 0.6) is 0 Å². The second kappa shape index (κ2) is 5.39. The topological polar surface area (TPSA) is 28.4 Å². The molecule has 0 fully saturated rings. The van der Waals surface area contributed by atoms with Crippen LogP contribution in [0.3, 0.4) is 0 Å². The molecule has 0 bridgehead atoms. The zero-order valence-corrected chi connectivity index (χ0v) is 12.5. The van der Waals surface area contributed by atoms with Crippen molar-refractivity contribution < 1.29 is 4.42 Å². The summed E-state index contributed by atoms with van der Waals surface area (Å²) in [5.41, 5.74) is 2.64. The van der Waals surface area contributed by atoms with Gasteiger partial charge in [0, 0.05) is 25.3 Å². The summed E-state index contributed by atoms with van der Waals surface area (Å²) in [5, 5.41) is 3.46. The summed E-state index contributed by atoms with van der Waals surface area (Å²) in [5.74, 6) is 0.989. The molecule has 1 aromatic heterocycles. The highest BCUT2D eigenvalue weighted by molar-refractivity contribution is 9.10. The lowest BCUT2D eigenvalue weighted by Crippen LogP contribution is -2.31. The largest absolute Gasteiger partial charge is 0.452 e. The third-order valence-corrected chi connectivity index (χ3v) is 4.05. The van der Waals surface area contributed by atoms with Crippen molar-refractivity contribution in [2.24, 2.45) is 0 Å². The molecule has 1 N–H and O–H groups in total. The number of hydrogen-bond acceptors (Lipinski definition) is 3. The minimum atomic E-state index is 0.229. The number of rotatable bonds is 2. The summed E-state index contributed by atoms with van der Waals surface area (Å²) in [7, 11) is 0. The molecule has 2 aromatic rings. The molecule has 1 aliphatic heterocycles. The maximum absolute atomic E-state index is 5.71. The highest BCUT2D eigenvalue weighted by atomic mass is 79.9. The molecule has 0 saturated heterocycles. The molecule has 1 unspecified atom stereocenters. The summed E-state index contributed by atoms with van der Waals surface area (Å²) in [6.45, 7) is 5.09. The maximum atomic E-state index is 5.71. The summed E-state index contributed by atoms with van der Waals surface area (Å²) in [6.07, 6.45) is 0. The average Bonchev–Trinajstić information content (AvgIpc) is 2.74. The van der Waals surface area contributed by atoms with Crippen LogP contribution in [0.1, 0.15) is 24.3 Å². The van der Waals surface area contributed by atoms with Gasteiger partial charge in [0.2, 0.25) is 0 Å². The lowest BCUT2D eigenvalue weighted by atomic mass is 10.1. The van der Waals surface area contributed by atoms with Crippen molar-refractivity contribution in [2.75, 3.05) is 18.0 Å². The van der Waals surface area contributed by atoms with Crippen molar-refractivity contribution in [1.82, 2.24) is 5.32 Å². The van der Waals surface area contributed by atoms with Crippen molar-refractivity contribution in [3.63, 3.8) is 0 Å². The molecule has 4 heteroatoms. The minimum Gasteiger partial charge on any atom is -0.452 e. The number of para-hydroxylation sites is 1. The fraction of sp³-hybridized carbons (Fsp3) is 0.333. The number of halogens is 1.